The summed E-state index contributed by atoms with van der Waals surface area (Å²) in [6.45, 7) is 3.70. The number of rotatable bonds is 12. The van der Waals surface area contributed by atoms with Crippen molar-refractivity contribution < 1.29 is 14.6 Å². The maximum Gasteiger partial charge on any atom is 0.309 e. The van der Waals surface area contributed by atoms with E-state index in [1.807, 2.05) is 6.92 Å². The zero-order valence-corrected chi connectivity index (χ0v) is 17.8. The summed E-state index contributed by atoms with van der Waals surface area (Å²) in [7, 11) is 0. The van der Waals surface area contributed by atoms with Crippen molar-refractivity contribution in [2.75, 3.05) is 0 Å². The van der Waals surface area contributed by atoms with Gasteiger partial charge in [-0.1, -0.05) is 74.6 Å². The molecule has 1 aromatic carbocycles. The SMILES string of the molecule is CC1(O)CC(=O)OC(C)(CCCCCCCCCC=CCc2ccccc2)C1. The van der Waals surface area contributed by atoms with E-state index in [1.54, 1.807) is 6.92 Å². The highest BCUT2D eigenvalue weighted by molar-refractivity contribution is 5.72. The maximum absolute atomic E-state index is 11.7. The minimum atomic E-state index is -0.917. The van der Waals surface area contributed by atoms with Crippen LogP contribution in [0.1, 0.15) is 90.0 Å². The molecule has 28 heavy (non-hydrogen) atoms. The van der Waals surface area contributed by atoms with Gasteiger partial charge in [-0.25, -0.2) is 0 Å². The minimum Gasteiger partial charge on any atom is -0.459 e. The molecule has 1 N–H and O–H groups in total. The Balaban J connectivity index is 1.44. The van der Waals surface area contributed by atoms with Crippen molar-refractivity contribution in [2.45, 2.75) is 102 Å². The summed E-state index contributed by atoms with van der Waals surface area (Å²) in [6, 6.07) is 10.6. The van der Waals surface area contributed by atoms with Gasteiger partial charge in [0.05, 0.1) is 12.0 Å². The number of carbonyl (C=O) groups excluding carboxylic acids is 1. The number of hydrogen-bond donors (Lipinski definition) is 1. The fraction of sp³-hybridized carbons (Fsp3) is 0.640. The largest absolute Gasteiger partial charge is 0.459 e. The van der Waals surface area contributed by atoms with E-state index in [9.17, 15) is 9.90 Å². The first kappa shape index (κ1) is 22.7. The Labute approximate surface area is 171 Å². The van der Waals surface area contributed by atoms with Crippen LogP contribution in [0.3, 0.4) is 0 Å². The second-order valence-electron chi connectivity index (χ2n) is 8.95. The highest BCUT2D eigenvalue weighted by atomic mass is 16.6. The fourth-order valence-electron chi connectivity index (χ4n) is 4.26. The first-order chi connectivity index (χ1) is 13.4. The molecule has 2 atom stereocenters. The molecule has 0 spiro atoms. The van der Waals surface area contributed by atoms with Crippen LogP contribution in [0.2, 0.25) is 0 Å². The lowest BCUT2D eigenvalue weighted by molar-refractivity contribution is -0.185. The quantitative estimate of drug-likeness (QED) is 0.266. The third-order valence-electron chi connectivity index (χ3n) is 5.58. The standard InChI is InChI=1S/C25H38O3/c1-24(27)20-23(26)28-25(2,21-24)19-15-10-8-6-4-3-5-7-9-12-16-22-17-13-11-14-18-22/h9,11-14,17-18,27H,3-8,10,15-16,19-21H2,1-2H3. The molecule has 1 heterocycles. The molecule has 0 aliphatic carbocycles. The Morgan fingerprint density at radius 2 is 1.61 bits per heavy atom. The molecule has 0 saturated carbocycles. The number of esters is 1. The Morgan fingerprint density at radius 1 is 0.964 bits per heavy atom. The molecule has 3 heteroatoms. The van der Waals surface area contributed by atoms with E-state index in [-0.39, 0.29) is 12.4 Å². The molecule has 2 unspecified atom stereocenters. The number of aliphatic hydroxyl groups is 1. The molecular formula is C25H38O3. The Hall–Kier alpha value is -1.61. The summed E-state index contributed by atoms with van der Waals surface area (Å²) < 4.78 is 5.52. The molecule has 0 aromatic heterocycles. The van der Waals surface area contributed by atoms with E-state index >= 15 is 0 Å². The van der Waals surface area contributed by atoms with Crippen LogP contribution in [-0.4, -0.2) is 22.3 Å². The summed E-state index contributed by atoms with van der Waals surface area (Å²) in [4.78, 5) is 11.7. The minimum absolute atomic E-state index is 0.115. The van der Waals surface area contributed by atoms with Crippen molar-refractivity contribution in [3.63, 3.8) is 0 Å². The summed E-state index contributed by atoms with van der Waals surface area (Å²) in [5.74, 6) is -0.267. The number of allylic oxidation sites excluding steroid dienone is 2. The summed E-state index contributed by atoms with van der Waals surface area (Å²) in [5, 5.41) is 10.2. The molecule has 156 valence electrons. The van der Waals surface area contributed by atoms with Gasteiger partial charge in [0.1, 0.15) is 5.60 Å². The molecule has 0 bridgehead atoms. The van der Waals surface area contributed by atoms with Gasteiger partial charge in [0, 0.05) is 6.42 Å². The van der Waals surface area contributed by atoms with E-state index in [1.165, 1.54) is 50.5 Å². The summed E-state index contributed by atoms with van der Waals surface area (Å²) in [5.41, 5.74) is -0.0379. The van der Waals surface area contributed by atoms with Crippen LogP contribution < -0.4 is 0 Å². The lowest BCUT2D eigenvalue weighted by Crippen LogP contribution is -2.48. The summed E-state index contributed by atoms with van der Waals surface area (Å²) in [6.07, 6.45) is 16.9. The van der Waals surface area contributed by atoms with Gasteiger partial charge in [-0.05, 0) is 51.5 Å². The van der Waals surface area contributed by atoms with Crippen LogP contribution in [0.4, 0.5) is 0 Å². The van der Waals surface area contributed by atoms with Gasteiger partial charge < -0.3 is 9.84 Å². The first-order valence-corrected chi connectivity index (χ1v) is 11.0. The van der Waals surface area contributed by atoms with Crippen LogP contribution in [0.25, 0.3) is 0 Å². The van der Waals surface area contributed by atoms with Crippen LogP contribution in [0.15, 0.2) is 42.5 Å². The molecule has 1 aliphatic rings. The molecule has 1 saturated heterocycles. The van der Waals surface area contributed by atoms with Crippen molar-refractivity contribution in [2.24, 2.45) is 0 Å². The zero-order valence-electron chi connectivity index (χ0n) is 17.8. The average molecular weight is 387 g/mol. The third-order valence-corrected chi connectivity index (χ3v) is 5.58. The summed E-state index contributed by atoms with van der Waals surface area (Å²) >= 11 is 0. The molecule has 1 aromatic rings. The van der Waals surface area contributed by atoms with E-state index in [4.69, 9.17) is 4.74 Å². The van der Waals surface area contributed by atoms with Gasteiger partial charge in [0.15, 0.2) is 0 Å². The Morgan fingerprint density at radius 3 is 2.29 bits per heavy atom. The van der Waals surface area contributed by atoms with Crippen molar-refractivity contribution in [1.29, 1.82) is 0 Å². The predicted molar refractivity (Wildman–Crippen MR) is 115 cm³/mol. The first-order valence-electron chi connectivity index (χ1n) is 11.0. The highest BCUT2D eigenvalue weighted by Gasteiger charge is 2.43. The third kappa shape index (κ3) is 9.05. The van der Waals surface area contributed by atoms with Crippen LogP contribution >= 0.6 is 0 Å². The van der Waals surface area contributed by atoms with Crippen molar-refractivity contribution in [1.82, 2.24) is 0 Å². The second-order valence-corrected chi connectivity index (χ2v) is 8.95. The van der Waals surface area contributed by atoms with E-state index < -0.39 is 11.2 Å². The maximum atomic E-state index is 11.7. The molecule has 1 fully saturated rings. The number of hydrogen-bond acceptors (Lipinski definition) is 3. The predicted octanol–water partition coefficient (Wildman–Crippen LogP) is 6.14. The van der Waals surface area contributed by atoms with Crippen LogP contribution in [0.5, 0.6) is 0 Å². The number of unbranched alkanes of at least 4 members (excludes halogenated alkanes) is 7. The molecule has 0 amide bonds. The molecule has 1 aliphatic heterocycles. The van der Waals surface area contributed by atoms with Gasteiger partial charge in [0.25, 0.3) is 0 Å². The molecular weight excluding hydrogens is 348 g/mol. The molecule has 2 rings (SSSR count). The van der Waals surface area contributed by atoms with Gasteiger partial charge in [-0.2, -0.15) is 0 Å². The number of benzene rings is 1. The lowest BCUT2D eigenvalue weighted by Gasteiger charge is -2.40. The molecule has 3 nitrogen and oxygen atoms in total. The number of ether oxygens (including phenoxy) is 1. The number of cyclic esters (lactones) is 1. The fourth-order valence-corrected chi connectivity index (χ4v) is 4.26. The Kier molecular flexibility index (Phi) is 9.24. The second kappa shape index (κ2) is 11.4. The van der Waals surface area contributed by atoms with E-state index in [0.717, 1.165) is 19.3 Å². The van der Waals surface area contributed by atoms with Crippen LogP contribution in [0, 0.1) is 0 Å². The highest BCUT2D eigenvalue weighted by Crippen LogP contribution is 2.36. The smallest absolute Gasteiger partial charge is 0.309 e. The van der Waals surface area contributed by atoms with Gasteiger partial charge >= 0.3 is 5.97 Å². The van der Waals surface area contributed by atoms with Crippen molar-refractivity contribution in [3.05, 3.63) is 48.0 Å². The topological polar surface area (TPSA) is 46.5 Å². The van der Waals surface area contributed by atoms with Gasteiger partial charge in [-0.15, -0.1) is 0 Å². The van der Waals surface area contributed by atoms with Gasteiger partial charge in [0.2, 0.25) is 0 Å². The van der Waals surface area contributed by atoms with Crippen molar-refractivity contribution >= 4 is 5.97 Å². The average Bonchev–Trinajstić information content (AvgIpc) is 2.61. The Bertz CT molecular complexity index is 605. The van der Waals surface area contributed by atoms with Crippen LogP contribution in [-0.2, 0) is 16.0 Å². The van der Waals surface area contributed by atoms with Gasteiger partial charge in [-0.3, -0.25) is 4.79 Å². The number of carbonyl (C=O) groups is 1. The lowest BCUT2D eigenvalue weighted by atomic mass is 9.81. The van der Waals surface area contributed by atoms with E-state index in [0.29, 0.717) is 6.42 Å². The monoisotopic (exact) mass is 386 g/mol. The van der Waals surface area contributed by atoms with Crippen molar-refractivity contribution in [3.8, 4) is 0 Å². The molecule has 0 radical (unpaired) electrons. The normalized spacial score (nSPS) is 25.2. The zero-order chi connectivity index (χ0) is 20.3. The van der Waals surface area contributed by atoms with E-state index in [2.05, 4.69) is 42.5 Å².